The average molecular weight is 284 g/mol. The van der Waals surface area contributed by atoms with Crippen molar-refractivity contribution < 1.29 is 4.74 Å². The molecule has 0 radical (unpaired) electrons. The van der Waals surface area contributed by atoms with Gasteiger partial charge in [0.25, 0.3) is 0 Å². The van der Waals surface area contributed by atoms with Crippen molar-refractivity contribution in [3.63, 3.8) is 0 Å². The molecule has 1 aliphatic heterocycles. The zero-order chi connectivity index (χ0) is 13.5. The van der Waals surface area contributed by atoms with Gasteiger partial charge >= 0.3 is 0 Å². The van der Waals surface area contributed by atoms with Gasteiger partial charge in [-0.15, -0.1) is 0 Å². The van der Waals surface area contributed by atoms with Crippen LogP contribution in [0, 0.1) is 5.92 Å². The van der Waals surface area contributed by atoms with Crippen molar-refractivity contribution in [3.8, 4) is 0 Å². The van der Waals surface area contributed by atoms with Crippen LogP contribution in [0.2, 0.25) is 0 Å². The molecule has 1 saturated heterocycles. The van der Waals surface area contributed by atoms with Crippen LogP contribution in [0.5, 0.6) is 0 Å². The molecule has 19 heavy (non-hydrogen) atoms. The van der Waals surface area contributed by atoms with E-state index in [1.807, 2.05) is 0 Å². The van der Waals surface area contributed by atoms with E-state index in [4.69, 9.17) is 17.0 Å². The van der Waals surface area contributed by atoms with Gasteiger partial charge in [-0.05, 0) is 50.2 Å². The van der Waals surface area contributed by atoms with Crippen LogP contribution in [-0.2, 0) is 4.74 Å². The molecule has 0 amide bonds. The van der Waals surface area contributed by atoms with Crippen LogP contribution in [-0.4, -0.2) is 42.9 Å². The van der Waals surface area contributed by atoms with E-state index in [9.17, 15) is 0 Å². The maximum Gasteiger partial charge on any atom is 0.168 e. The maximum absolute atomic E-state index is 5.51. The Balaban J connectivity index is 1.63. The standard InChI is InChI=1S/C15H28N2OS/c1-17(10-7-13-8-11-18-12-9-13)15(19)16-14-5-3-2-4-6-14/h13-14H,2-12H2,1H3,(H,16,19). The van der Waals surface area contributed by atoms with Gasteiger partial charge in [-0.2, -0.15) is 0 Å². The van der Waals surface area contributed by atoms with Gasteiger partial charge in [0.2, 0.25) is 0 Å². The lowest BCUT2D eigenvalue weighted by atomic mass is 9.95. The van der Waals surface area contributed by atoms with Crippen molar-refractivity contribution >= 4 is 17.3 Å². The fourth-order valence-electron chi connectivity index (χ4n) is 3.04. The second-order valence-electron chi connectivity index (χ2n) is 6.05. The van der Waals surface area contributed by atoms with Gasteiger partial charge in [0.05, 0.1) is 0 Å². The van der Waals surface area contributed by atoms with Gasteiger partial charge in [-0.3, -0.25) is 0 Å². The highest BCUT2D eigenvalue weighted by molar-refractivity contribution is 7.80. The molecule has 0 aromatic heterocycles. The lowest BCUT2D eigenvalue weighted by Gasteiger charge is -2.30. The van der Waals surface area contributed by atoms with Crippen molar-refractivity contribution in [1.82, 2.24) is 10.2 Å². The molecule has 1 saturated carbocycles. The Kier molecular flexibility index (Phi) is 6.38. The highest BCUT2D eigenvalue weighted by atomic mass is 32.1. The lowest BCUT2D eigenvalue weighted by Crippen LogP contribution is -2.44. The molecule has 1 heterocycles. The molecule has 1 aliphatic carbocycles. The average Bonchev–Trinajstić information content (AvgIpc) is 2.47. The minimum Gasteiger partial charge on any atom is -0.381 e. The molecular weight excluding hydrogens is 256 g/mol. The summed E-state index contributed by atoms with van der Waals surface area (Å²) in [7, 11) is 2.12. The Hall–Kier alpha value is -0.350. The van der Waals surface area contributed by atoms with Gasteiger partial charge < -0.3 is 15.0 Å². The smallest absolute Gasteiger partial charge is 0.168 e. The first kappa shape index (κ1) is 15.0. The molecule has 0 aromatic carbocycles. The minimum absolute atomic E-state index is 0.617. The normalized spacial score (nSPS) is 22.2. The first-order valence-corrected chi connectivity index (χ1v) is 8.26. The van der Waals surface area contributed by atoms with E-state index in [0.29, 0.717) is 6.04 Å². The van der Waals surface area contributed by atoms with Crippen LogP contribution in [0.25, 0.3) is 0 Å². The summed E-state index contributed by atoms with van der Waals surface area (Å²) in [4.78, 5) is 2.22. The molecule has 0 bridgehead atoms. The maximum atomic E-state index is 5.51. The zero-order valence-corrected chi connectivity index (χ0v) is 13.0. The SMILES string of the molecule is CN(CCC1CCOCC1)C(=S)NC1CCCCC1. The van der Waals surface area contributed by atoms with Gasteiger partial charge in [0.1, 0.15) is 0 Å². The number of rotatable bonds is 4. The van der Waals surface area contributed by atoms with Crippen molar-refractivity contribution in [2.75, 3.05) is 26.8 Å². The van der Waals surface area contributed by atoms with Crippen molar-refractivity contribution in [1.29, 1.82) is 0 Å². The Bertz CT molecular complexity index is 273. The van der Waals surface area contributed by atoms with E-state index in [1.54, 1.807) is 0 Å². The molecule has 2 fully saturated rings. The Morgan fingerprint density at radius 3 is 2.53 bits per heavy atom. The summed E-state index contributed by atoms with van der Waals surface area (Å²) in [6.45, 7) is 2.96. The number of nitrogens with zero attached hydrogens (tertiary/aromatic N) is 1. The Morgan fingerprint density at radius 1 is 1.16 bits per heavy atom. The molecule has 3 nitrogen and oxygen atoms in total. The topological polar surface area (TPSA) is 24.5 Å². The van der Waals surface area contributed by atoms with E-state index >= 15 is 0 Å². The monoisotopic (exact) mass is 284 g/mol. The van der Waals surface area contributed by atoms with E-state index in [-0.39, 0.29) is 0 Å². The minimum atomic E-state index is 0.617. The molecule has 4 heteroatoms. The number of thiocarbonyl (C=S) groups is 1. The summed E-state index contributed by atoms with van der Waals surface area (Å²) < 4.78 is 5.40. The second kappa shape index (κ2) is 8.05. The second-order valence-corrected chi connectivity index (χ2v) is 6.44. The molecular formula is C15H28N2OS. The molecule has 0 atom stereocenters. The molecule has 1 N–H and O–H groups in total. The van der Waals surface area contributed by atoms with Crippen LogP contribution in [0.4, 0.5) is 0 Å². The molecule has 2 aliphatic rings. The van der Waals surface area contributed by atoms with Crippen LogP contribution < -0.4 is 5.32 Å². The highest BCUT2D eigenvalue weighted by Gasteiger charge is 2.17. The number of nitrogens with one attached hydrogen (secondary N) is 1. The lowest BCUT2D eigenvalue weighted by molar-refractivity contribution is 0.0626. The summed E-state index contributed by atoms with van der Waals surface area (Å²) in [6, 6.07) is 0.617. The molecule has 0 spiro atoms. The predicted octanol–water partition coefficient (Wildman–Crippen LogP) is 2.94. The molecule has 0 aromatic rings. The van der Waals surface area contributed by atoms with Crippen LogP contribution in [0.1, 0.15) is 51.4 Å². The summed E-state index contributed by atoms with van der Waals surface area (Å²) in [5.74, 6) is 0.827. The summed E-state index contributed by atoms with van der Waals surface area (Å²) >= 11 is 5.51. The Labute approximate surface area is 123 Å². The third kappa shape index (κ3) is 5.27. The molecule has 0 unspecified atom stereocenters. The van der Waals surface area contributed by atoms with Crippen molar-refractivity contribution in [3.05, 3.63) is 0 Å². The fraction of sp³-hybridized carbons (Fsp3) is 0.933. The summed E-state index contributed by atoms with van der Waals surface area (Å²) in [5, 5.41) is 4.48. The zero-order valence-electron chi connectivity index (χ0n) is 12.2. The summed E-state index contributed by atoms with van der Waals surface area (Å²) in [5.41, 5.74) is 0. The Morgan fingerprint density at radius 2 is 1.84 bits per heavy atom. The van der Waals surface area contributed by atoms with Gasteiger partial charge in [-0.1, -0.05) is 19.3 Å². The van der Waals surface area contributed by atoms with E-state index in [2.05, 4.69) is 17.3 Å². The van der Waals surface area contributed by atoms with Gasteiger partial charge in [-0.25, -0.2) is 0 Å². The molecule has 2 rings (SSSR count). The van der Waals surface area contributed by atoms with E-state index < -0.39 is 0 Å². The first-order chi connectivity index (χ1) is 9.25. The third-order valence-corrected chi connectivity index (χ3v) is 4.92. The largest absolute Gasteiger partial charge is 0.381 e. The summed E-state index contributed by atoms with van der Waals surface area (Å²) in [6.07, 6.45) is 10.4. The van der Waals surface area contributed by atoms with Crippen LogP contribution in [0.3, 0.4) is 0 Å². The number of hydrogen-bond donors (Lipinski definition) is 1. The predicted molar refractivity (Wildman–Crippen MR) is 83.4 cm³/mol. The fourth-order valence-corrected chi connectivity index (χ4v) is 3.30. The number of hydrogen-bond acceptors (Lipinski definition) is 2. The third-order valence-electron chi connectivity index (χ3n) is 4.49. The van der Waals surface area contributed by atoms with Crippen LogP contribution >= 0.6 is 12.2 Å². The van der Waals surface area contributed by atoms with E-state index in [1.165, 1.54) is 51.4 Å². The van der Waals surface area contributed by atoms with Gasteiger partial charge in [0, 0.05) is 32.8 Å². The number of ether oxygens (including phenoxy) is 1. The molecule has 110 valence electrons. The van der Waals surface area contributed by atoms with Crippen molar-refractivity contribution in [2.24, 2.45) is 5.92 Å². The van der Waals surface area contributed by atoms with Crippen LogP contribution in [0.15, 0.2) is 0 Å². The quantitative estimate of drug-likeness (QED) is 0.802. The van der Waals surface area contributed by atoms with Gasteiger partial charge in [0.15, 0.2) is 5.11 Å². The van der Waals surface area contributed by atoms with E-state index in [0.717, 1.165) is 30.8 Å². The van der Waals surface area contributed by atoms with Crippen molar-refractivity contribution in [2.45, 2.75) is 57.4 Å². The first-order valence-electron chi connectivity index (χ1n) is 7.85. The highest BCUT2D eigenvalue weighted by Crippen LogP contribution is 2.19.